The Morgan fingerprint density at radius 2 is 2.07 bits per heavy atom. The maximum atomic E-state index is 13.0. The molecule has 2 fully saturated rings. The molecule has 0 spiro atoms. The summed E-state index contributed by atoms with van der Waals surface area (Å²) in [6.07, 6.45) is 6.38. The number of hydrogen-bond acceptors (Lipinski definition) is 6. The molecule has 158 valence electrons. The minimum atomic E-state index is -3.60. The van der Waals surface area contributed by atoms with E-state index in [4.69, 9.17) is 0 Å². The van der Waals surface area contributed by atoms with E-state index < -0.39 is 10.0 Å². The zero-order chi connectivity index (χ0) is 20.6. The van der Waals surface area contributed by atoms with Crippen molar-refractivity contribution in [2.45, 2.75) is 56.5 Å². The van der Waals surface area contributed by atoms with Crippen molar-refractivity contribution >= 4 is 27.3 Å². The SMILES string of the molecule is Cc1nc(S(=O)(=O)N2CCC[C@H](c3nc(CNC(=O)C4CCC4)cs3)C2)cn1C. The third kappa shape index (κ3) is 4.24. The Balaban J connectivity index is 1.40. The number of carbonyl (C=O) groups excluding carboxylic acids is 1. The molecule has 29 heavy (non-hydrogen) atoms. The quantitative estimate of drug-likeness (QED) is 0.747. The predicted octanol–water partition coefficient (Wildman–Crippen LogP) is 2.17. The fourth-order valence-electron chi connectivity index (χ4n) is 3.73. The second kappa shape index (κ2) is 8.16. The molecule has 1 saturated carbocycles. The molecular formula is C19H27N5O3S2. The summed E-state index contributed by atoms with van der Waals surface area (Å²) >= 11 is 1.55. The van der Waals surface area contributed by atoms with Crippen LogP contribution >= 0.6 is 11.3 Å². The van der Waals surface area contributed by atoms with E-state index in [0.29, 0.717) is 25.5 Å². The number of nitrogens with zero attached hydrogens (tertiary/aromatic N) is 4. The summed E-state index contributed by atoms with van der Waals surface area (Å²) in [6.45, 7) is 3.15. The Hall–Kier alpha value is -1.78. The molecule has 2 aromatic rings. The smallest absolute Gasteiger partial charge is 0.262 e. The molecule has 0 bridgehead atoms. The zero-order valence-corrected chi connectivity index (χ0v) is 18.4. The lowest BCUT2D eigenvalue weighted by molar-refractivity contribution is -0.127. The van der Waals surface area contributed by atoms with E-state index in [0.717, 1.165) is 42.8 Å². The minimum Gasteiger partial charge on any atom is -0.350 e. The number of hydrogen-bond donors (Lipinski definition) is 1. The predicted molar refractivity (Wildman–Crippen MR) is 110 cm³/mol. The van der Waals surface area contributed by atoms with E-state index in [1.54, 1.807) is 36.1 Å². The van der Waals surface area contributed by atoms with Crippen LogP contribution in [0.2, 0.25) is 0 Å². The van der Waals surface area contributed by atoms with E-state index in [-0.39, 0.29) is 22.8 Å². The van der Waals surface area contributed by atoms with Crippen molar-refractivity contribution in [2.24, 2.45) is 13.0 Å². The minimum absolute atomic E-state index is 0.0735. The standard InChI is InChI=1S/C19H27N5O3S2/c1-13-21-17(11-23(13)2)29(26,27)24-8-4-7-15(10-24)19-22-16(12-28-19)9-20-18(25)14-5-3-6-14/h11-12,14-15H,3-10H2,1-2H3,(H,20,25)/t15-/m0/s1. The maximum Gasteiger partial charge on any atom is 0.262 e. The Bertz CT molecular complexity index is 974. The molecule has 1 aliphatic carbocycles. The fraction of sp³-hybridized carbons (Fsp3) is 0.632. The summed E-state index contributed by atoms with van der Waals surface area (Å²) in [6, 6.07) is 0. The number of aryl methyl sites for hydroxylation is 2. The Kier molecular flexibility index (Phi) is 5.76. The molecule has 1 N–H and O–H groups in total. The fourth-order valence-corrected chi connectivity index (χ4v) is 6.23. The molecule has 0 radical (unpaired) electrons. The van der Waals surface area contributed by atoms with Crippen molar-refractivity contribution in [3.05, 3.63) is 28.1 Å². The van der Waals surface area contributed by atoms with Crippen LogP contribution in [0.1, 0.15) is 54.5 Å². The highest BCUT2D eigenvalue weighted by atomic mass is 32.2. The monoisotopic (exact) mass is 437 g/mol. The molecule has 1 aliphatic heterocycles. The van der Waals surface area contributed by atoms with Gasteiger partial charge in [-0.25, -0.2) is 18.4 Å². The third-order valence-corrected chi connectivity index (χ3v) is 8.71. The molecule has 8 nitrogen and oxygen atoms in total. The zero-order valence-electron chi connectivity index (χ0n) is 16.8. The van der Waals surface area contributed by atoms with Gasteiger partial charge in [0.25, 0.3) is 10.0 Å². The molecule has 10 heteroatoms. The average molecular weight is 438 g/mol. The van der Waals surface area contributed by atoms with Crippen LogP contribution in [0.4, 0.5) is 0 Å². The normalized spacial score (nSPS) is 21.1. The number of imidazole rings is 1. The van der Waals surface area contributed by atoms with Crippen LogP contribution in [0.5, 0.6) is 0 Å². The van der Waals surface area contributed by atoms with E-state index in [1.807, 2.05) is 5.38 Å². The van der Waals surface area contributed by atoms with E-state index in [2.05, 4.69) is 15.3 Å². The van der Waals surface area contributed by atoms with E-state index in [9.17, 15) is 13.2 Å². The topological polar surface area (TPSA) is 97.2 Å². The summed E-state index contributed by atoms with van der Waals surface area (Å²) in [5.41, 5.74) is 0.845. The van der Waals surface area contributed by atoms with Gasteiger partial charge in [0.05, 0.1) is 17.2 Å². The first kappa shape index (κ1) is 20.5. The lowest BCUT2D eigenvalue weighted by atomic mass is 9.85. The van der Waals surface area contributed by atoms with Gasteiger partial charge >= 0.3 is 0 Å². The van der Waals surface area contributed by atoms with Crippen molar-refractivity contribution in [2.75, 3.05) is 13.1 Å². The van der Waals surface area contributed by atoms with Gasteiger partial charge in [-0.3, -0.25) is 4.79 Å². The van der Waals surface area contributed by atoms with Crippen LogP contribution in [0.15, 0.2) is 16.6 Å². The van der Waals surface area contributed by atoms with Crippen molar-refractivity contribution < 1.29 is 13.2 Å². The first-order valence-electron chi connectivity index (χ1n) is 10.1. The lowest BCUT2D eigenvalue weighted by Crippen LogP contribution is -2.39. The van der Waals surface area contributed by atoms with Crippen LogP contribution in [-0.4, -0.2) is 46.3 Å². The van der Waals surface area contributed by atoms with Gasteiger partial charge in [0.15, 0.2) is 5.03 Å². The molecule has 0 unspecified atom stereocenters. The molecule has 4 rings (SSSR count). The molecule has 3 heterocycles. The number of aromatic nitrogens is 3. The molecular weight excluding hydrogens is 410 g/mol. The maximum absolute atomic E-state index is 13.0. The Morgan fingerprint density at radius 1 is 1.28 bits per heavy atom. The number of sulfonamides is 1. The summed E-state index contributed by atoms with van der Waals surface area (Å²) in [7, 11) is -1.81. The third-order valence-electron chi connectivity index (χ3n) is 5.91. The van der Waals surface area contributed by atoms with E-state index >= 15 is 0 Å². The van der Waals surface area contributed by atoms with Gasteiger partial charge in [0.2, 0.25) is 5.91 Å². The van der Waals surface area contributed by atoms with Gasteiger partial charge in [-0.05, 0) is 32.6 Å². The first-order chi connectivity index (χ1) is 13.8. The van der Waals surface area contributed by atoms with Gasteiger partial charge in [0.1, 0.15) is 5.82 Å². The summed E-state index contributed by atoms with van der Waals surface area (Å²) in [5.74, 6) is 1.03. The number of rotatable bonds is 6. The van der Waals surface area contributed by atoms with Crippen molar-refractivity contribution in [1.82, 2.24) is 24.2 Å². The number of amides is 1. The lowest BCUT2D eigenvalue weighted by Gasteiger charge is -2.30. The van der Waals surface area contributed by atoms with Gasteiger partial charge in [-0.2, -0.15) is 4.31 Å². The van der Waals surface area contributed by atoms with Crippen LogP contribution < -0.4 is 5.32 Å². The molecule has 2 aromatic heterocycles. The van der Waals surface area contributed by atoms with Crippen molar-refractivity contribution in [3.63, 3.8) is 0 Å². The van der Waals surface area contributed by atoms with Gasteiger partial charge < -0.3 is 9.88 Å². The average Bonchev–Trinajstić information content (AvgIpc) is 3.26. The van der Waals surface area contributed by atoms with Gasteiger partial charge in [0, 0.05) is 43.5 Å². The molecule has 0 aromatic carbocycles. The number of nitrogens with one attached hydrogen (secondary N) is 1. The highest BCUT2D eigenvalue weighted by Crippen LogP contribution is 2.32. The molecule has 2 aliphatic rings. The van der Waals surface area contributed by atoms with Crippen LogP contribution in [0.25, 0.3) is 0 Å². The molecule has 1 atom stereocenters. The van der Waals surface area contributed by atoms with Crippen molar-refractivity contribution in [1.29, 1.82) is 0 Å². The number of piperidine rings is 1. The molecule has 1 saturated heterocycles. The summed E-state index contributed by atoms with van der Waals surface area (Å²) in [4.78, 5) is 20.9. The van der Waals surface area contributed by atoms with E-state index in [1.165, 1.54) is 4.31 Å². The van der Waals surface area contributed by atoms with Crippen molar-refractivity contribution in [3.8, 4) is 0 Å². The van der Waals surface area contributed by atoms with Crippen LogP contribution in [0.3, 0.4) is 0 Å². The summed E-state index contributed by atoms with van der Waals surface area (Å²) < 4.78 is 29.2. The van der Waals surface area contributed by atoms with Crippen LogP contribution in [-0.2, 0) is 28.4 Å². The second-order valence-electron chi connectivity index (χ2n) is 7.96. The molecule has 1 amide bonds. The van der Waals surface area contributed by atoms with Gasteiger partial charge in [-0.15, -0.1) is 11.3 Å². The first-order valence-corrected chi connectivity index (χ1v) is 12.4. The van der Waals surface area contributed by atoms with Gasteiger partial charge in [-0.1, -0.05) is 6.42 Å². The summed E-state index contributed by atoms with van der Waals surface area (Å²) in [5, 5.41) is 5.98. The Labute approximate surface area is 175 Å². The highest BCUT2D eigenvalue weighted by Gasteiger charge is 2.33. The largest absolute Gasteiger partial charge is 0.350 e. The number of carbonyl (C=O) groups is 1. The number of thiazole rings is 1. The van der Waals surface area contributed by atoms with Crippen LogP contribution in [0, 0.1) is 12.8 Å². The second-order valence-corrected chi connectivity index (χ2v) is 10.7. The highest BCUT2D eigenvalue weighted by molar-refractivity contribution is 7.89. The Morgan fingerprint density at radius 3 is 2.72 bits per heavy atom.